The van der Waals surface area contributed by atoms with Crippen molar-refractivity contribution in [3.63, 3.8) is 0 Å². The van der Waals surface area contributed by atoms with Crippen molar-refractivity contribution in [3.05, 3.63) is 82.4 Å². The van der Waals surface area contributed by atoms with Gasteiger partial charge in [-0.05, 0) is 66.6 Å². The second kappa shape index (κ2) is 10.5. The predicted molar refractivity (Wildman–Crippen MR) is 121 cm³/mol. The molecule has 0 bridgehead atoms. The van der Waals surface area contributed by atoms with Gasteiger partial charge < -0.3 is 19.3 Å². The van der Waals surface area contributed by atoms with Gasteiger partial charge in [-0.25, -0.2) is 4.79 Å². The summed E-state index contributed by atoms with van der Waals surface area (Å²) in [5, 5.41) is 9.39. The van der Waals surface area contributed by atoms with E-state index in [9.17, 15) is 4.79 Å². The van der Waals surface area contributed by atoms with Crippen molar-refractivity contribution in [3.8, 4) is 17.2 Å². The lowest BCUT2D eigenvalue weighted by Crippen LogP contribution is -2.02. The molecule has 0 atom stereocenters. The molecule has 31 heavy (non-hydrogen) atoms. The van der Waals surface area contributed by atoms with Crippen molar-refractivity contribution in [1.29, 1.82) is 0 Å². The van der Waals surface area contributed by atoms with E-state index in [-0.39, 0.29) is 12.2 Å². The highest BCUT2D eigenvalue weighted by molar-refractivity contribution is 6.32. The number of carbonyl (C=O) groups is 1. The number of aromatic carboxylic acids is 1. The van der Waals surface area contributed by atoms with Gasteiger partial charge in [0.1, 0.15) is 12.4 Å². The van der Waals surface area contributed by atoms with Crippen LogP contribution in [0.1, 0.15) is 28.4 Å². The average Bonchev–Trinajstić information content (AvgIpc) is 2.78. The van der Waals surface area contributed by atoms with Gasteiger partial charge in [0.2, 0.25) is 0 Å². The largest absolute Gasteiger partial charge is 0.497 e. The molecule has 0 aliphatic carbocycles. The SMILES string of the molecule is CCOc1cc(C=Nc2ccc(OC)cc2)cc(Cl)c1OCc1ccc(C(=O)O)cc1. The number of halogens is 1. The van der Waals surface area contributed by atoms with E-state index >= 15 is 0 Å². The Kier molecular flexibility index (Phi) is 7.51. The molecule has 3 rings (SSSR count). The van der Waals surface area contributed by atoms with E-state index in [1.54, 1.807) is 31.5 Å². The van der Waals surface area contributed by atoms with Gasteiger partial charge in [0.15, 0.2) is 11.5 Å². The van der Waals surface area contributed by atoms with Crippen molar-refractivity contribution in [2.45, 2.75) is 13.5 Å². The van der Waals surface area contributed by atoms with Crippen LogP contribution >= 0.6 is 11.6 Å². The van der Waals surface area contributed by atoms with E-state index in [1.807, 2.05) is 37.3 Å². The Labute approximate surface area is 185 Å². The lowest BCUT2D eigenvalue weighted by atomic mass is 10.1. The Morgan fingerprint density at radius 1 is 1.06 bits per heavy atom. The maximum absolute atomic E-state index is 11.0. The number of nitrogens with zero attached hydrogens (tertiary/aromatic N) is 1. The highest BCUT2D eigenvalue weighted by Gasteiger charge is 2.13. The molecule has 0 unspecified atom stereocenters. The van der Waals surface area contributed by atoms with Crippen LogP contribution in [0.2, 0.25) is 5.02 Å². The minimum absolute atomic E-state index is 0.220. The minimum atomic E-state index is -0.971. The molecule has 0 saturated carbocycles. The number of benzene rings is 3. The van der Waals surface area contributed by atoms with E-state index < -0.39 is 5.97 Å². The van der Waals surface area contributed by atoms with Crippen molar-refractivity contribution < 1.29 is 24.1 Å². The van der Waals surface area contributed by atoms with Crippen LogP contribution in [-0.4, -0.2) is 31.0 Å². The molecule has 7 heteroatoms. The first kappa shape index (κ1) is 22.2. The molecule has 0 aliphatic heterocycles. The van der Waals surface area contributed by atoms with Crippen LogP contribution in [0, 0.1) is 0 Å². The molecule has 0 heterocycles. The lowest BCUT2D eigenvalue weighted by molar-refractivity contribution is 0.0697. The number of aliphatic imine (C=N–C) groups is 1. The number of ether oxygens (including phenoxy) is 3. The van der Waals surface area contributed by atoms with E-state index in [1.165, 1.54) is 12.1 Å². The Morgan fingerprint density at radius 2 is 1.77 bits per heavy atom. The molecule has 0 aliphatic rings. The first-order valence-corrected chi connectivity index (χ1v) is 9.97. The topological polar surface area (TPSA) is 77.3 Å². The molecule has 0 amide bonds. The zero-order valence-corrected chi connectivity index (χ0v) is 17.9. The fourth-order valence-electron chi connectivity index (χ4n) is 2.78. The number of rotatable bonds is 9. The van der Waals surface area contributed by atoms with Crippen molar-refractivity contribution in [2.24, 2.45) is 4.99 Å². The average molecular weight is 440 g/mol. The third-order valence-electron chi connectivity index (χ3n) is 4.35. The van der Waals surface area contributed by atoms with E-state index in [0.29, 0.717) is 23.1 Å². The predicted octanol–water partition coefficient (Wildman–Crippen LogP) is 5.78. The van der Waals surface area contributed by atoms with Gasteiger partial charge in [-0.2, -0.15) is 0 Å². The van der Waals surface area contributed by atoms with Gasteiger partial charge in [0.05, 0.1) is 30.0 Å². The fraction of sp³-hybridized carbons (Fsp3) is 0.167. The second-order valence-electron chi connectivity index (χ2n) is 6.51. The highest BCUT2D eigenvalue weighted by atomic mass is 35.5. The number of carboxylic acids is 1. The van der Waals surface area contributed by atoms with Crippen LogP contribution in [0.3, 0.4) is 0 Å². The number of hydrogen-bond acceptors (Lipinski definition) is 5. The molecule has 0 aromatic heterocycles. The third kappa shape index (κ3) is 5.99. The first-order chi connectivity index (χ1) is 15.0. The van der Waals surface area contributed by atoms with Gasteiger partial charge >= 0.3 is 5.97 Å². The zero-order valence-electron chi connectivity index (χ0n) is 17.2. The van der Waals surface area contributed by atoms with Crippen LogP contribution in [0.5, 0.6) is 17.2 Å². The molecular weight excluding hydrogens is 418 g/mol. The van der Waals surface area contributed by atoms with Gasteiger partial charge in [-0.3, -0.25) is 4.99 Å². The number of methoxy groups -OCH3 is 1. The molecule has 3 aromatic carbocycles. The smallest absolute Gasteiger partial charge is 0.335 e. The van der Waals surface area contributed by atoms with Gasteiger partial charge in [0.25, 0.3) is 0 Å². The van der Waals surface area contributed by atoms with E-state index in [0.717, 1.165) is 22.6 Å². The Hall–Kier alpha value is -3.51. The molecule has 3 aromatic rings. The normalized spacial score (nSPS) is 10.8. The molecule has 0 radical (unpaired) electrons. The van der Waals surface area contributed by atoms with E-state index in [2.05, 4.69) is 4.99 Å². The summed E-state index contributed by atoms with van der Waals surface area (Å²) in [6.45, 7) is 2.54. The Morgan fingerprint density at radius 3 is 2.39 bits per heavy atom. The van der Waals surface area contributed by atoms with Crippen LogP contribution in [0.4, 0.5) is 5.69 Å². The zero-order chi connectivity index (χ0) is 22.2. The van der Waals surface area contributed by atoms with Crippen molar-refractivity contribution >= 4 is 29.5 Å². The fourth-order valence-corrected chi connectivity index (χ4v) is 3.06. The highest BCUT2D eigenvalue weighted by Crippen LogP contribution is 2.37. The number of carboxylic acid groups (broad SMARTS) is 1. The molecule has 160 valence electrons. The number of hydrogen-bond donors (Lipinski definition) is 1. The summed E-state index contributed by atoms with van der Waals surface area (Å²) in [6, 6.07) is 17.4. The minimum Gasteiger partial charge on any atom is -0.497 e. The van der Waals surface area contributed by atoms with Crippen LogP contribution < -0.4 is 14.2 Å². The van der Waals surface area contributed by atoms with Crippen molar-refractivity contribution in [2.75, 3.05) is 13.7 Å². The second-order valence-corrected chi connectivity index (χ2v) is 6.92. The molecule has 0 spiro atoms. The van der Waals surface area contributed by atoms with Crippen LogP contribution in [0.25, 0.3) is 0 Å². The summed E-state index contributed by atoms with van der Waals surface area (Å²) in [6.07, 6.45) is 1.70. The Bertz CT molecular complexity index is 1060. The first-order valence-electron chi connectivity index (χ1n) is 9.59. The summed E-state index contributed by atoms with van der Waals surface area (Å²) < 4.78 is 16.8. The lowest BCUT2D eigenvalue weighted by Gasteiger charge is -2.14. The maximum atomic E-state index is 11.0. The molecule has 0 saturated heterocycles. The van der Waals surface area contributed by atoms with Crippen LogP contribution in [-0.2, 0) is 6.61 Å². The summed E-state index contributed by atoms with van der Waals surface area (Å²) >= 11 is 6.46. The summed E-state index contributed by atoms with van der Waals surface area (Å²) in [4.78, 5) is 15.4. The van der Waals surface area contributed by atoms with Gasteiger partial charge in [-0.1, -0.05) is 23.7 Å². The quantitative estimate of drug-likeness (QED) is 0.428. The summed E-state index contributed by atoms with van der Waals surface area (Å²) in [5.74, 6) is 0.724. The van der Waals surface area contributed by atoms with Gasteiger partial charge in [-0.15, -0.1) is 0 Å². The molecule has 0 fully saturated rings. The Balaban J connectivity index is 1.77. The van der Waals surface area contributed by atoms with E-state index in [4.69, 9.17) is 30.9 Å². The van der Waals surface area contributed by atoms with Crippen LogP contribution in [0.15, 0.2) is 65.7 Å². The van der Waals surface area contributed by atoms with Gasteiger partial charge in [0, 0.05) is 6.21 Å². The molecular formula is C24H22ClNO5. The molecule has 1 N–H and O–H groups in total. The maximum Gasteiger partial charge on any atom is 0.335 e. The van der Waals surface area contributed by atoms with Crippen molar-refractivity contribution in [1.82, 2.24) is 0 Å². The summed E-state index contributed by atoms with van der Waals surface area (Å²) in [5.41, 5.74) is 2.58. The summed E-state index contributed by atoms with van der Waals surface area (Å²) in [7, 11) is 1.62. The molecule has 6 nitrogen and oxygen atoms in total. The third-order valence-corrected chi connectivity index (χ3v) is 4.63. The standard InChI is InChI=1S/C24H22ClNO5/c1-3-30-22-13-17(14-26-19-8-10-20(29-2)11-9-19)12-21(25)23(22)31-15-16-4-6-18(7-5-16)24(27)28/h4-14H,3,15H2,1-2H3,(H,27,28). The monoisotopic (exact) mass is 439 g/mol.